The average molecular weight is 160 g/mol. The lowest BCUT2D eigenvalue weighted by Crippen LogP contribution is -1.75. The lowest BCUT2D eigenvalue weighted by atomic mass is 10.2. The molecule has 0 bridgehead atoms. The summed E-state index contributed by atoms with van der Waals surface area (Å²) < 4.78 is 0. The molecule has 0 atom stereocenters. The first-order valence-electron chi connectivity index (χ1n) is 5.21. The molecule has 0 saturated heterocycles. The van der Waals surface area contributed by atoms with Crippen molar-refractivity contribution in [2.24, 2.45) is 5.41 Å². The fraction of sp³-hybridized carbons (Fsp3) is 1.00. The normalized spacial score (nSPS) is 15.3. The van der Waals surface area contributed by atoms with E-state index in [1.165, 1.54) is 12.8 Å². The Morgan fingerprint density at radius 3 is 0.727 bits per heavy atom. The maximum absolute atomic E-state index is 2.30. The molecule has 0 aromatic heterocycles. The van der Waals surface area contributed by atoms with Gasteiger partial charge >= 0.3 is 0 Å². The number of hydrogen-bond acceptors (Lipinski definition) is 0. The Bertz CT molecular complexity index is 38.0. The Morgan fingerprint density at radius 2 is 0.727 bits per heavy atom. The highest BCUT2D eigenvalue weighted by atomic mass is 14.4. The molecule has 0 aliphatic heterocycles. The van der Waals surface area contributed by atoms with E-state index in [1.54, 1.807) is 0 Å². The highest BCUT2D eigenvalue weighted by Crippen LogP contribution is 2.43. The van der Waals surface area contributed by atoms with Gasteiger partial charge in [-0.2, -0.15) is 0 Å². The number of hydrogen-bond donors (Lipinski definition) is 0. The van der Waals surface area contributed by atoms with Crippen LogP contribution in [0.25, 0.3) is 0 Å². The first-order valence-corrected chi connectivity index (χ1v) is 5.21. The topological polar surface area (TPSA) is 0 Å². The van der Waals surface area contributed by atoms with E-state index in [2.05, 4.69) is 13.8 Å². The van der Waals surface area contributed by atoms with Gasteiger partial charge in [0.05, 0.1) is 0 Å². The smallest absolute Gasteiger partial charge is 0.0354 e. The molecule has 0 aromatic carbocycles. The van der Waals surface area contributed by atoms with Crippen LogP contribution in [-0.4, -0.2) is 0 Å². The molecule has 1 aliphatic carbocycles. The second-order valence-corrected chi connectivity index (χ2v) is 2.66. The third-order valence-corrected chi connectivity index (χ3v) is 1.25. The van der Waals surface area contributed by atoms with Crippen LogP contribution in [0, 0.1) is 5.41 Å². The minimum absolute atomic E-state index is 0.750. The fourth-order valence-corrected chi connectivity index (χ4v) is 0.250. The van der Waals surface area contributed by atoms with Crippen molar-refractivity contribution in [2.75, 3.05) is 0 Å². The van der Waals surface area contributed by atoms with Crippen LogP contribution in [0.1, 0.15) is 68.2 Å². The van der Waals surface area contributed by atoms with Crippen molar-refractivity contribution in [3.8, 4) is 0 Å². The third-order valence-electron chi connectivity index (χ3n) is 1.25. The minimum atomic E-state index is 0.750. The van der Waals surface area contributed by atoms with Crippen molar-refractivity contribution in [3.05, 3.63) is 0 Å². The van der Waals surface area contributed by atoms with Gasteiger partial charge in [-0.3, -0.25) is 0 Å². The van der Waals surface area contributed by atoms with Gasteiger partial charge in [-0.05, 0) is 18.3 Å². The van der Waals surface area contributed by atoms with Gasteiger partial charge in [0.25, 0.3) is 0 Å². The van der Waals surface area contributed by atoms with Gasteiger partial charge in [-0.1, -0.05) is 55.4 Å². The van der Waals surface area contributed by atoms with Gasteiger partial charge < -0.3 is 0 Å². The molecular formula is C11H28. The predicted octanol–water partition coefficient (Wildman–Crippen LogP) is 4.89. The molecule has 11 heavy (non-hydrogen) atoms. The van der Waals surface area contributed by atoms with E-state index in [4.69, 9.17) is 0 Å². The SMILES string of the molecule is CC.CC.CC.CC1(C)CC1. The summed E-state index contributed by atoms with van der Waals surface area (Å²) in [5, 5.41) is 0. The van der Waals surface area contributed by atoms with E-state index in [0.717, 1.165) is 5.41 Å². The predicted molar refractivity (Wildman–Crippen MR) is 57.1 cm³/mol. The average Bonchev–Trinajstić information content (AvgIpc) is 2.78. The van der Waals surface area contributed by atoms with Crippen LogP contribution in [0.2, 0.25) is 0 Å². The summed E-state index contributed by atoms with van der Waals surface area (Å²) >= 11 is 0. The van der Waals surface area contributed by atoms with Crippen LogP contribution in [0.5, 0.6) is 0 Å². The Kier molecular flexibility index (Phi) is 19.8. The molecule has 1 saturated carbocycles. The van der Waals surface area contributed by atoms with Crippen LogP contribution < -0.4 is 0 Å². The molecule has 0 aromatic rings. The molecule has 0 N–H and O–H groups in total. The zero-order valence-corrected chi connectivity index (χ0v) is 9.91. The largest absolute Gasteiger partial charge is 0.0683 e. The fourth-order valence-electron chi connectivity index (χ4n) is 0.250. The van der Waals surface area contributed by atoms with E-state index in [-0.39, 0.29) is 0 Å². The van der Waals surface area contributed by atoms with Crippen LogP contribution in [-0.2, 0) is 0 Å². The van der Waals surface area contributed by atoms with Gasteiger partial charge in [-0.25, -0.2) is 0 Å². The Balaban J connectivity index is -0.0000000933. The molecule has 1 fully saturated rings. The van der Waals surface area contributed by atoms with Gasteiger partial charge in [0.2, 0.25) is 0 Å². The second-order valence-electron chi connectivity index (χ2n) is 2.66. The molecule has 0 amide bonds. The van der Waals surface area contributed by atoms with Gasteiger partial charge in [-0.15, -0.1) is 0 Å². The first kappa shape index (κ1) is 17.2. The third kappa shape index (κ3) is 25.6. The summed E-state index contributed by atoms with van der Waals surface area (Å²) in [5.74, 6) is 0. The Hall–Kier alpha value is 0. The van der Waals surface area contributed by atoms with Crippen molar-refractivity contribution >= 4 is 0 Å². The van der Waals surface area contributed by atoms with E-state index in [9.17, 15) is 0 Å². The first-order chi connectivity index (χ1) is 5.21. The lowest BCUT2D eigenvalue weighted by Gasteiger charge is -1.86. The Labute approximate surface area is 74.4 Å². The highest BCUT2D eigenvalue weighted by molar-refractivity contribution is 4.82. The van der Waals surface area contributed by atoms with Gasteiger partial charge in [0.15, 0.2) is 0 Å². The minimum Gasteiger partial charge on any atom is -0.0683 e. The van der Waals surface area contributed by atoms with Crippen molar-refractivity contribution < 1.29 is 0 Å². The van der Waals surface area contributed by atoms with E-state index in [0.29, 0.717) is 0 Å². The standard InChI is InChI=1S/C5H10.3C2H6/c1-5(2)3-4-5;3*1-2/h3-4H2,1-2H3;3*1-2H3. The molecule has 0 nitrogen and oxygen atoms in total. The van der Waals surface area contributed by atoms with Crippen LogP contribution in [0.4, 0.5) is 0 Å². The molecule has 0 unspecified atom stereocenters. The molecular weight excluding hydrogens is 132 g/mol. The maximum atomic E-state index is 2.30. The molecule has 0 spiro atoms. The zero-order valence-electron chi connectivity index (χ0n) is 9.91. The monoisotopic (exact) mass is 160 g/mol. The van der Waals surface area contributed by atoms with Crippen LogP contribution in [0.15, 0.2) is 0 Å². The summed E-state index contributed by atoms with van der Waals surface area (Å²) in [6, 6.07) is 0. The molecule has 0 radical (unpaired) electrons. The second kappa shape index (κ2) is 12.7. The van der Waals surface area contributed by atoms with E-state index >= 15 is 0 Å². The maximum Gasteiger partial charge on any atom is -0.0354 e. The van der Waals surface area contributed by atoms with Crippen molar-refractivity contribution in [1.29, 1.82) is 0 Å². The van der Waals surface area contributed by atoms with Gasteiger partial charge in [0, 0.05) is 0 Å². The number of rotatable bonds is 0. The summed E-state index contributed by atoms with van der Waals surface area (Å²) in [4.78, 5) is 0. The van der Waals surface area contributed by atoms with Crippen LogP contribution >= 0.6 is 0 Å². The van der Waals surface area contributed by atoms with E-state index in [1.807, 2.05) is 41.5 Å². The summed E-state index contributed by atoms with van der Waals surface area (Å²) in [6.07, 6.45) is 2.90. The van der Waals surface area contributed by atoms with Gasteiger partial charge in [0.1, 0.15) is 0 Å². The molecule has 0 heterocycles. The van der Waals surface area contributed by atoms with E-state index < -0.39 is 0 Å². The van der Waals surface area contributed by atoms with Crippen molar-refractivity contribution in [2.45, 2.75) is 68.2 Å². The molecule has 72 valence electrons. The quantitative estimate of drug-likeness (QED) is 0.473. The summed E-state index contributed by atoms with van der Waals surface area (Å²) in [6.45, 7) is 16.6. The van der Waals surface area contributed by atoms with Crippen molar-refractivity contribution in [1.82, 2.24) is 0 Å². The Morgan fingerprint density at radius 1 is 0.636 bits per heavy atom. The molecule has 0 heteroatoms. The molecule has 1 aliphatic rings. The van der Waals surface area contributed by atoms with Crippen molar-refractivity contribution in [3.63, 3.8) is 0 Å². The molecule has 1 rings (SSSR count). The summed E-state index contributed by atoms with van der Waals surface area (Å²) in [5.41, 5.74) is 0.750. The highest BCUT2D eigenvalue weighted by Gasteiger charge is 2.30. The van der Waals surface area contributed by atoms with Crippen LogP contribution in [0.3, 0.4) is 0 Å². The summed E-state index contributed by atoms with van der Waals surface area (Å²) in [7, 11) is 0. The zero-order chi connectivity index (χ0) is 9.91. The lowest BCUT2D eigenvalue weighted by molar-refractivity contribution is 0.653.